The molecule has 1 N–H and O–H groups in total. The Kier molecular flexibility index (Phi) is 4.76. The van der Waals surface area contributed by atoms with Gasteiger partial charge in [0.2, 0.25) is 5.91 Å². The van der Waals surface area contributed by atoms with Crippen molar-refractivity contribution in [1.29, 1.82) is 0 Å². The first-order valence-electron chi connectivity index (χ1n) is 5.75. The molecule has 0 aliphatic rings. The number of nitrogens with zero attached hydrogens (tertiary/aromatic N) is 4. The number of halogens is 2. The van der Waals surface area contributed by atoms with Crippen LogP contribution in [0.2, 0.25) is 0 Å². The second kappa shape index (κ2) is 6.33. The lowest BCUT2D eigenvalue weighted by Gasteiger charge is -2.03. The molecule has 2 aromatic rings. The van der Waals surface area contributed by atoms with Crippen molar-refractivity contribution in [3.8, 4) is 0 Å². The molecule has 0 atom stereocenters. The monoisotopic (exact) mass is 389 g/mol. The number of rotatable bonds is 5. The van der Waals surface area contributed by atoms with Crippen LogP contribution in [0.4, 0.5) is 0 Å². The van der Waals surface area contributed by atoms with Gasteiger partial charge in [-0.25, -0.2) is 0 Å². The molecule has 19 heavy (non-hydrogen) atoms. The van der Waals surface area contributed by atoms with E-state index in [-0.39, 0.29) is 12.5 Å². The van der Waals surface area contributed by atoms with Crippen molar-refractivity contribution in [3.63, 3.8) is 0 Å². The second-order valence-electron chi connectivity index (χ2n) is 3.91. The molecular formula is C11H13Br2N5O. The minimum atomic E-state index is -0.103. The van der Waals surface area contributed by atoms with Crippen LogP contribution in [-0.4, -0.2) is 25.5 Å². The van der Waals surface area contributed by atoms with Crippen LogP contribution in [0.25, 0.3) is 0 Å². The Balaban J connectivity index is 1.87. The van der Waals surface area contributed by atoms with Gasteiger partial charge in [-0.15, -0.1) is 0 Å². The molecule has 0 aliphatic carbocycles. The van der Waals surface area contributed by atoms with Gasteiger partial charge in [0, 0.05) is 18.9 Å². The fraction of sp³-hybridized carbons (Fsp3) is 0.364. The number of hydrogen-bond donors (Lipinski definition) is 1. The van der Waals surface area contributed by atoms with E-state index in [4.69, 9.17) is 0 Å². The van der Waals surface area contributed by atoms with Crippen LogP contribution in [0.15, 0.2) is 27.5 Å². The van der Waals surface area contributed by atoms with E-state index < -0.39 is 0 Å². The average molecular weight is 391 g/mol. The Hall–Kier alpha value is -1.15. The zero-order chi connectivity index (χ0) is 13.8. The summed E-state index contributed by atoms with van der Waals surface area (Å²) in [5.74, 6) is -0.103. The van der Waals surface area contributed by atoms with Crippen molar-refractivity contribution in [1.82, 2.24) is 24.9 Å². The van der Waals surface area contributed by atoms with Crippen molar-refractivity contribution in [2.24, 2.45) is 0 Å². The number of hydrogen-bond acceptors (Lipinski definition) is 3. The van der Waals surface area contributed by atoms with Crippen LogP contribution < -0.4 is 5.32 Å². The van der Waals surface area contributed by atoms with Crippen molar-refractivity contribution < 1.29 is 4.79 Å². The minimum Gasteiger partial charge on any atom is -0.349 e. The summed E-state index contributed by atoms with van der Waals surface area (Å²) in [5, 5.41) is 11.2. The SMILES string of the molecule is CCn1cc(Br)c(CNC(=O)Cn2cc(Br)cn2)n1. The van der Waals surface area contributed by atoms with E-state index in [2.05, 4.69) is 47.4 Å². The Morgan fingerprint density at radius 3 is 2.74 bits per heavy atom. The Morgan fingerprint density at radius 1 is 1.37 bits per heavy atom. The zero-order valence-electron chi connectivity index (χ0n) is 10.3. The Labute approximate surface area is 127 Å². The highest BCUT2D eigenvalue weighted by atomic mass is 79.9. The summed E-state index contributed by atoms with van der Waals surface area (Å²) in [6.45, 7) is 3.40. The van der Waals surface area contributed by atoms with Gasteiger partial charge < -0.3 is 5.32 Å². The molecule has 8 heteroatoms. The third-order valence-electron chi connectivity index (χ3n) is 2.47. The van der Waals surface area contributed by atoms with Crippen LogP contribution in [-0.2, 0) is 24.4 Å². The topological polar surface area (TPSA) is 64.7 Å². The summed E-state index contributed by atoms with van der Waals surface area (Å²) in [4.78, 5) is 11.7. The van der Waals surface area contributed by atoms with Gasteiger partial charge in [0.15, 0.2) is 0 Å². The molecule has 0 spiro atoms. The number of carbonyl (C=O) groups excluding carboxylic acids is 1. The number of nitrogens with one attached hydrogen (secondary N) is 1. The van der Waals surface area contributed by atoms with Crippen LogP contribution in [0, 0.1) is 0 Å². The van der Waals surface area contributed by atoms with Crippen LogP contribution >= 0.6 is 31.9 Å². The number of aryl methyl sites for hydroxylation is 1. The highest BCUT2D eigenvalue weighted by Crippen LogP contribution is 2.14. The average Bonchev–Trinajstić information content (AvgIpc) is 2.93. The van der Waals surface area contributed by atoms with Gasteiger partial charge >= 0.3 is 0 Å². The van der Waals surface area contributed by atoms with Crippen molar-refractivity contribution in [2.75, 3.05) is 0 Å². The molecule has 6 nitrogen and oxygen atoms in total. The highest BCUT2D eigenvalue weighted by Gasteiger charge is 2.08. The molecule has 0 fully saturated rings. The van der Waals surface area contributed by atoms with E-state index in [1.54, 1.807) is 17.1 Å². The van der Waals surface area contributed by atoms with E-state index in [0.717, 1.165) is 21.2 Å². The first-order valence-corrected chi connectivity index (χ1v) is 7.33. The zero-order valence-corrected chi connectivity index (χ0v) is 13.5. The molecular weight excluding hydrogens is 378 g/mol. The highest BCUT2D eigenvalue weighted by molar-refractivity contribution is 9.10. The number of carbonyl (C=O) groups is 1. The van der Waals surface area contributed by atoms with Crippen molar-refractivity contribution in [3.05, 3.63) is 33.2 Å². The standard InChI is InChI=1S/C11H13Br2N5O/c1-2-17-6-9(13)10(16-17)4-14-11(19)7-18-5-8(12)3-15-18/h3,5-6H,2,4,7H2,1H3,(H,14,19). The minimum absolute atomic E-state index is 0.103. The molecule has 0 unspecified atom stereocenters. The smallest absolute Gasteiger partial charge is 0.242 e. The maximum Gasteiger partial charge on any atom is 0.242 e. The van der Waals surface area contributed by atoms with Gasteiger partial charge in [0.1, 0.15) is 6.54 Å². The van der Waals surface area contributed by atoms with Crippen molar-refractivity contribution in [2.45, 2.75) is 26.6 Å². The first-order chi connectivity index (χ1) is 9.08. The van der Waals surface area contributed by atoms with Gasteiger partial charge in [-0.1, -0.05) is 0 Å². The van der Waals surface area contributed by atoms with Gasteiger partial charge in [0.25, 0.3) is 0 Å². The van der Waals surface area contributed by atoms with Gasteiger partial charge in [-0.2, -0.15) is 10.2 Å². The molecule has 2 rings (SSSR count). The fourth-order valence-corrected chi connectivity index (χ4v) is 2.31. The summed E-state index contributed by atoms with van der Waals surface area (Å²) in [7, 11) is 0. The van der Waals surface area contributed by atoms with Crippen LogP contribution in [0.3, 0.4) is 0 Å². The van der Waals surface area contributed by atoms with Gasteiger partial charge in [-0.05, 0) is 38.8 Å². The molecule has 0 saturated carbocycles. The molecule has 0 saturated heterocycles. The number of aromatic nitrogens is 4. The lowest BCUT2D eigenvalue weighted by Crippen LogP contribution is -2.27. The summed E-state index contributed by atoms with van der Waals surface area (Å²) >= 11 is 6.70. The molecule has 0 aliphatic heterocycles. The lowest BCUT2D eigenvalue weighted by molar-refractivity contribution is -0.122. The quantitative estimate of drug-likeness (QED) is 0.848. The predicted octanol–water partition coefficient (Wildman–Crippen LogP) is 1.94. The summed E-state index contributed by atoms with van der Waals surface area (Å²) in [6.07, 6.45) is 5.29. The molecule has 0 radical (unpaired) electrons. The van der Waals surface area contributed by atoms with E-state index in [0.29, 0.717) is 6.54 Å². The van der Waals surface area contributed by atoms with E-state index in [9.17, 15) is 4.79 Å². The Morgan fingerprint density at radius 2 is 2.16 bits per heavy atom. The van der Waals surface area contributed by atoms with Gasteiger partial charge in [-0.3, -0.25) is 14.2 Å². The summed E-state index contributed by atoms with van der Waals surface area (Å²) in [6, 6.07) is 0. The Bertz CT molecular complexity index is 577. The maximum absolute atomic E-state index is 11.7. The second-order valence-corrected chi connectivity index (χ2v) is 5.68. The third kappa shape index (κ3) is 3.90. The van der Waals surface area contributed by atoms with E-state index in [1.165, 1.54) is 0 Å². The first kappa shape index (κ1) is 14.3. The summed E-state index contributed by atoms with van der Waals surface area (Å²) < 4.78 is 5.14. The molecule has 0 aromatic carbocycles. The van der Waals surface area contributed by atoms with E-state index >= 15 is 0 Å². The van der Waals surface area contributed by atoms with E-state index in [1.807, 2.05) is 17.8 Å². The lowest BCUT2D eigenvalue weighted by atomic mass is 10.4. The van der Waals surface area contributed by atoms with Crippen molar-refractivity contribution >= 4 is 37.8 Å². The maximum atomic E-state index is 11.7. The predicted molar refractivity (Wildman–Crippen MR) is 77.4 cm³/mol. The largest absolute Gasteiger partial charge is 0.349 e. The van der Waals surface area contributed by atoms with Gasteiger partial charge in [0.05, 0.1) is 27.4 Å². The van der Waals surface area contributed by atoms with Crippen LogP contribution in [0.5, 0.6) is 0 Å². The molecule has 1 amide bonds. The molecule has 2 heterocycles. The number of amides is 1. The normalized spacial score (nSPS) is 10.7. The molecule has 102 valence electrons. The third-order valence-corrected chi connectivity index (χ3v) is 3.54. The molecule has 0 bridgehead atoms. The summed E-state index contributed by atoms with van der Waals surface area (Å²) in [5.41, 5.74) is 0.817. The van der Waals surface area contributed by atoms with Crippen LogP contribution in [0.1, 0.15) is 12.6 Å². The fourth-order valence-electron chi connectivity index (χ4n) is 1.53. The molecule has 2 aromatic heterocycles.